The first kappa shape index (κ1) is 29.6. The summed E-state index contributed by atoms with van der Waals surface area (Å²) in [5.74, 6) is 12.4. The second kappa shape index (κ2) is 28.6. The zero-order valence-electron chi connectivity index (χ0n) is 20.7. The highest BCUT2D eigenvalue weighted by Crippen LogP contribution is 2.13. The van der Waals surface area contributed by atoms with Crippen molar-refractivity contribution in [2.24, 2.45) is 0 Å². The molecule has 0 N–H and O–H groups in total. The molecule has 0 aromatic heterocycles. The zero-order chi connectivity index (χ0) is 22.5. The Kier molecular flexibility index (Phi) is 27.3. The van der Waals surface area contributed by atoms with Crippen LogP contribution in [0.4, 0.5) is 0 Å². The van der Waals surface area contributed by atoms with Gasteiger partial charge in [0, 0.05) is 12.8 Å². The fraction of sp³-hybridized carbons (Fsp3) is 0.828. The highest BCUT2D eigenvalue weighted by Gasteiger charge is 1.94. The van der Waals surface area contributed by atoms with Gasteiger partial charge in [0.05, 0.1) is 6.61 Å². The van der Waals surface area contributed by atoms with E-state index in [1.54, 1.807) is 0 Å². The van der Waals surface area contributed by atoms with Gasteiger partial charge in [-0.25, -0.2) is 0 Å². The number of carbonyl (C=O) groups is 1. The van der Waals surface area contributed by atoms with Crippen molar-refractivity contribution >= 4 is 6.47 Å². The summed E-state index contributed by atoms with van der Waals surface area (Å²) >= 11 is 0. The Balaban J connectivity index is 3.21. The van der Waals surface area contributed by atoms with Gasteiger partial charge < -0.3 is 4.74 Å². The predicted octanol–water partition coefficient (Wildman–Crippen LogP) is 8.77. The van der Waals surface area contributed by atoms with Crippen LogP contribution in [0.15, 0.2) is 0 Å². The van der Waals surface area contributed by atoms with E-state index >= 15 is 0 Å². The SMILES string of the molecule is CCCCCCCCCCCCCCCC#CC#CCCCCCCCCCOC=O. The van der Waals surface area contributed by atoms with Crippen LogP contribution in [0, 0.1) is 23.7 Å². The lowest BCUT2D eigenvalue weighted by molar-refractivity contribution is -0.128. The predicted molar refractivity (Wildman–Crippen MR) is 135 cm³/mol. The van der Waals surface area contributed by atoms with Crippen LogP contribution >= 0.6 is 0 Å². The van der Waals surface area contributed by atoms with E-state index in [1.165, 1.54) is 116 Å². The van der Waals surface area contributed by atoms with Gasteiger partial charge in [-0.3, -0.25) is 4.79 Å². The largest absolute Gasteiger partial charge is 0.468 e. The summed E-state index contributed by atoms with van der Waals surface area (Å²) in [6.45, 7) is 3.39. The molecular formula is C29H50O2. The summed E-state index contributed by atoms with van der Waals surface area (Å²) in [4.78, 5) is 10.0. The molecule has 0 aromatic carbocycles. The first-order valence-corrected chi connectivity index (χ1v) is 13.4. The molecule has 2 nitrogen and oxygen atoms in total. The maximum absolute atomic E-state index is 10.0. The molecule has 0 radical (unpaired) electrons. The molecule has 0 saturated carbocycles. The van der Waals surface area contributed by atoms with Crippen LogP contribution in [0.1, 0.15) is 148 Å². The third-order valence-corrected chi connectivity index (χ3v) is 5.78. The first-order chi connectivity index (χ1) is 15.4. The van der Waals surface area contributed by atoms with Crippen molar-refractivity contribution in [2.75, 3.05) is 6.61 Å². The molecule has 0 aliphatic carbocycles. The topological polar surface area (TPSA) is 26.3 Å². The number of ether oxygens (including phenoxy) is 1. The van der Waals surface area contributed by atoms with Crippen molar-refractivity contribution in [1.82, 2.24) is 0 Å². The highest BCUT2D eigenvalue weighted by atomic mass is 16.5. The standard InChI is InChI=1S/C29H50O2/c1-2-3-4-5-6-7-8-9-10-11-12-13-14-15-16-17-18-19-20-21-22-23-24-25-26-27-28-31-29-30/h29H,2-15,20-28H2,1H3. The Morgan fingerprint density at radius 2 is 0.871 bits per heavy atom. The van der Waals surface area contributed by atoms with Gasteiger partial charge in [0.1, 0.15) is 0 Å². The van der Waals surface area contributed by atoms with Gasteiger partial charge in [-0.05, 0) is 31.1 Å². The third kappa shape index (κ3) is 28.6. The van der Waals surface area contributed by atoms with Crippen molar-refractivity contribution in [3.8, 4) is 23.7 Å². The molecule has 0 spiro atoms. The first-order valence-electron chi connectivity index (χ1n) is 13.4. The van der Waals surface area contributed by atoms with Gasteiger partial charge in [-0.15, -0.1) is 0 Å². The third-order valence-electron chi connectivity index (χ3n) is 5.78. The van der Waals surface area contributed by atoms with E-state index in [2.05, 4.69) is 35.3 Å². The summed E-state index contributed by atoms with van der Waals surface area (Å²) < 4.78 is 4.68. The maximum Gasteiger partial charge on any atom is 0.293 e. The van der Waals surface area contributed by atoms with Crippen LogP contribution in [0.2, 0.25) is 0 Å². The molecule has 0 aromatic rings. The fourth-order valence-corrected chi connectivity index (χ4v) is 3.78. The Morgan fingerprint density at radius 3 is 1.26 bits per heavy atom. The van der Waals surface area contributed by atoms with Gasteiger partial charge in [0.15, 0.2) is 0 Å². The maximum atomic E-state index is 10.0. The average Bonchev–Trinajstić information content (AvgIpc) is 2.78. The van der Waals surface area contributed by atoms with Crippen molar-refractivity contribution in [1.29, 1.82) is 0 Å². The van der Waals surface area contributed by atoms with Crippen LogP contribution in [-0.4, -0.2) is 13.1 Å². The minimum Gasteiger partial charge on any atom is -0.468 e. The van der Waals surface area contributed by atoms with Gasteiger partial charge >= 0.3 is 0 Å². The average molecular weight is 431 g/mol. The molecule has 0 aliphatic heterocycles. The number of unbranched alkanes of at least 4 members (excludes halogenated alkanes) is 20. The van der Waals surface area contributed by atoms with Gasteiger partial charge in [-0.1, -0.05) is 128 Å². The molecule has 178 valence electrons. The minimum atomic E-state index is 0.533. The molecule has 0 saturated heterocycles. The molecule has 31 heavy (non-hydrogen) atoms. The zero-order valence-corrected chi connectivity index (χ0v) is 20.7. The summed E-state index contributed by atoms with van der Waals surface area (Å²) in [7, 11) is 0. The van der Waals surface area contributed by atoms with Crippen LogP contribution in [0.3, 0.4) is 0 Å². The second-order valence-electron chi connectivity index (χ2n) is 8.79. The molecule has 0 rings (SSSR count). The molecule has 0 amide bonds. The molecule has 0 fully saturated rings. The molecular weight excluding hydrogens is 380 g/mol. The van der Waals surface area contributed by atoms with E-state index in [1.807, 2.05) is 0 Å². The van der Waals surface area contributed by atoms with Crippen molar-refractivity contribution in [2.45, 2.75) is 148 Å². The van der Waals surface area contributed by atoms with Crippen LogP contribution in [-0.2, 0) is 9.53 Å². The van der Waals surface area contributed by atoms with Gasteiger partial charge in [0.25, 0.3) is 6.47 Å². The van der Waals surface area contributed by atoms with Gasteiger partial charge in [-0.2, -0.15) is 0 Å². The van der Waals surface area contributed by atoms with E-state index in [4.69, 9.17) is 0 Å². The van der Waals surface area contributed by atoms with E-state index < -0.39 is 0 Å². The number of carbonyl (C=O) groups excluding carboxylic acids is 1. The number of hydrogen-bond acceptors (Lipinski definition) is 2. The minimum absolute atomic E-state index is 0.533. The lowest BCUT2D eigenvalue weighted by atomic mass is 10.0. The van der Waals surface area contributed by atoms with Crippen LogP contribution in [0.5, 0.6) is 0 Å². The molecule has 0 atom stereocenters. The van der Waals surface area contributed by atoms with E-state index in [-0.39, 0.29) is 0 Å². The molecule has 0 bridgehead atoms. The van der Waals surface area contributed by atoms with E-state index in [0.717, 1.165) is 25.7 Å². The van der Waals surface area contributed by atoms with Crippen molar-refractivity contribution < 1.29 is 9.53 Å². The quantitative estimate of drug-likeness (QED) is 0.0919. The van der Waals surface area contributed by atoms with Crippen LogP contribution in [0.25, 0.3) is 0 Å². The molecule has 0 heterocycles. The Morgan fingerprint density at radius 1 is 0.516 bits per heavy atom. The Labute approximate surface area is 194 Å². The van der Waals surface area contributed by atoms with Crippen molar-refractivity contribution in [3.05, 3.63) is 0 Å². The van der Waals surface area contributed by atoms with Gasteiger partial charge in [0.2, 0.25) is 0 Å². The van der Waals surface area contributed by atoms with Crippen molar-refractivity contribution in [3.63, 3.8) is 0 Å². The lowest BCUT2D eigenvalue weighted by Gasteiger charge is -2.02. The smallest absolute Gasteiger partial charge is 0.293 e. The monoisotopic (exact) mass is 430 g/mol. The summed E-state index contributed by atoms with van der Waals surface area (Å²) in [5.41, 5.74) is 0. The normalized spacial score (nSPS) is 10.1. The summed E-state index contributed by atoms with van der Waals surface area (Å²) in [6.07, 6.45) is 28.5. The molecule has 0 aliphatic rings. The summed E-state index contributed by atoms with van der Waals surface area (Å²) in [6, 6.07) is 0. The van der Waals surface area contributed by atoms with E-state index in [0.29, 0.717) is 13.1 Å². The fourth-order valence-electron chi connectivity index (χ4n) is 3.78. The summed E-state index contributed by atoms with van der Waals surface area (Å²) in [5, 5.41) is 0. The number of hydrogen-bond donors (Lipinski definition) is 0. The number of rotatable bonds is 23. The molecule has 0 unspecified atom stereocenters. The highest BCUT2D eigenvalue weighted by molar-refractivity contribution is 5.36. The molecule has 2 heteroatoms. The Bertz CT molecular complexity index is 474. The Hall–Kier alpha value is -1.41. The lowest BCUT2D eigenvalue weighted by Crippen LogP contribution is -1.91. The van der Waals surface area contributed by atoms with E-state index in [9.17, 15) is 4.79 Å². The van der Waals surface area contributed by atoms with Crippen LogP contribution < -0.4 is 0 Å². The second-order valence-corrected chi connectivity index (χ2v) is 8.79.